The molecule has 0 spiro atoms. The third kappa shape index (κ3) is 10.6. The second-order valence-corrected chi connectivity index (χ2v) is 22.2. The van der Waals surface area contributed by atoms with Gasteiger partial charge in [0.25, 0.3) is 0 Å². The van der Waals surface area contributed by atoms with Gasteiger partial charge in [0.2, 0.25) is 0 Å². The molecule has 0 nitrogen and oxygen atoms in total. The van der Waals surface area contributed by atoms with Crippen LogP contribution in [0.3, 0.4) is 0 Å². The summed E-state index contributed by atoms with van der Waals surface area (Å²) in [6, 6.07) is 90.4. The van der Waals surface area contributed by atoms with Gasteiger partial charge in [-0.1, -0.05) is 205 Å². The third-order valence-electron chi connectivity index (χ3n) is 12.6. The molecule has 0 N–H and O–H groups in total. The zero-order chi connectivity index (χ0) is 45.4. The monoisotopic (exact) mass is 1280 g/mol. The van der Waals surface area contributed by atoms with E-state index in [1.807, 2.05) is 36.4 Å². The van der Waals surface area contributed by atoms with E-state index in [9.17, 15) is 0 Å². The Morgan fingerprint density at radius 2 is 0.551 bits per heavy atom. The topological polar surface area (TPSA) is 0 Å². The van der Waals surface area contributed by atoms with Crippen LogP contribution in [0.4, 0.5) is 0 Å². The van der Waals surface area contributed by atoms with E-state index >= 15 is 0 Å². The van der Waals surface area contributed by atoms with Crippen LogP contribution < -0.4 is 21.2 Å². The predicted octanol–water partition coefficient (Wildman–Crippen LogP) is 14.8. The molecule has 0 aliphatic heterocycles. The Labute approximate surface area is 439 Å². The number of hydrogen-bond acceptors (Lipinski definition) is 0. The van der Waals surface area contributed by atoms with Crippen molar-refractivity contribution in [3.63, 3.8) is 0 Å². The average molecular weight is 1280 g/mol. The van der Waals surface area contributed by atoms with E-state index in [0.717, 1.165) is 32.7 Å². The molecule has 0 aromatic heterocycles. The Kier molecular flexibility index (Phi) is 16.6. The molecule has 12 aromatic carbocycles. The summed E-state index contributed by atoms with van der Waals surface area (Å²) in [6.45, 7) is 0. The first kappa shape index (κ1) is 49.1. The Balaban J connectivity index is 0.000000140. The molecular formula is C65H46Au2P2+2. The predicted molar refractivity (Wildman–Crippen MR) is 296 cm³/mol. The van der Waals surface area contributed by atoms with Crippen LogP contribution in [0.15, 0.2) is 255 Å². The summed E-state index contributed by atoms with van der Waals surface area (Å²) < 4.78 is 0. The van der Waals surface area contributed by atoms with Gasteiger partial charge in [0, 0.05) is 0 Å². The second kappa shape index (κ2) is 23.3. The SMILES string of the molecule is [Au+].[Au+].[C-]#Cc1cc2ccccc2c2ccc3ccccc3c12.[C-]#Cc1cc2ccccc2c2ccc3ccccc3c12.c1ccc([PH+](C[PH+](c2ccccc2)c2ccccc2)c2ccccc2)cc1. The Morgan fingerprint density at radius 1 is 0.275 bits per heavy atom. The van der Waals surface area contributed by atoms with Crippen molar-refractivity contribution in [2.24, 2.45) is 0 Å². The van der Waals surface area contributed by atoms with Crippen molar-refractivity contribution in [1.29, 1.82) is 0 Å². The minimum absolute atomic E-state index is 0. The Bertz CT molecular complexity index is 3420. The number of fused-ring (bicyclic) bond motifs is 10. The maximum atomic E-state index is 7.63. The van der Waals surface area contributed by atoms with Gasteiger partial charge in [-0.05, 0) is 102 Å². The van der Waals surface area contributed by atoms with Gasteiger partial charge in [-0.25, -0.2) is 0 Å². The summed E-state index contributed by atoms with van der Waals surface area (Å²) >= 11 is 0. The molecule has 0 radical (unpaired) electrons. The van der Waals surface area contributed by atoms with Gasteiger partial charge in [-0.2, -0.15) is 0 Å². The van der Waals surface area contributed by atoms with Crippen molar-refractivity contribution in [2.75, 3.05) is 5.90 Å². The summed E-state index contributed by atoms with van der Waals surface area (Å²) in [5.74, 6) is 6.46. The quantitative estimate of drug-likeness (QED) is 0.0512. The number of hydrogen-bond donors (Lipinski definition) is 0. The summed E-state index contributed by atoms with van der Waals surface area (Å²) in [5, 5.41) is 20.2. The molecule has 0 aliphatic carbocycles. The summed E-state index contributed by atoms with van der Waals surface area (Å²) in [4.78, 5) is 0. The van der Waals surface area contributed by atoms with E-state index < -0.39 is 15.8 Å². The first-order chi connectivity index (χ1) is 33.2. The fraction of sp³-hybridized carbons (Fsp3) is 0.0154. The molecule has 12 aromatic rings. The van der Waals surface area contributed by atoms with Crippen LogP contribution in [-0.2, 0) is 44.8 Å². The first-order valence-electron chi connectivity index (χ1n) is 22.6. The first-order valence-corrected chi connectivity index (χ1v) is 26.0. The van der Waals surface area contributed by atoms with Crippen molar-refractivity contribution in [3.8, 4) is 11.8 Å². The van der Waals surface area contributed by atoms with E-state index in [1.54, 1.807) is 0 Å². The van der Waals surface area contributed by atoms with Crippen LogP contribution >= 0.6 is 15.8 Å². The molecule has 336 valence electrons. The van der Waals surface area contributed by atoms with Gasteiger partial charge in [0.1, 0.15) is 37.1 Å². The van der Waals surface area contributed by atoms with Crippen LogP contribution in [0.1, 0.15) is 11.1 Å². The molecule has 4 heteroatoms. The maximum absolute atomic E-state index is 7.63. The van der Waals surface area contributed by atoms with E-state index in [1.165, 1.54) is 70.2 Å². The Morgan fingerprint density at radius 3 is 0.870 bits per heavy atom. The van der Waals surface area contributed by atoms with Gasteiger partial charge < -0.3 is 12.8 Å². The fourth-order valence-corrected chi connectivity index (χ4v) is 17.2. The summed E-state index contributed by atoms with van der Waals surface area (Å²) in [7, 11) is -1.69. The van der Waals surface area contributed by atoms with Gasteiger partial charge in [0.15, 0.2) is 5.90 Å². The third-order valence-corrected chi connectivity index (χ3v) is 19.6. The van der Waals surface area contributed by atoms with E-state index in [2.05, 4.69) is 230 Å². The molecule has 69 heavy (non-hydrogen) atoms. The van der Waals surface area contributed by atoms with Crippen molar-refractivity contribution < 1.29 is 44.8 Å². The smallest absolute Gasteiger partial charge is 0.366 e. The van der Waals surface area contributed by atoms with Crippen molar-refractivity contribution in [1.82, 2.24) is 0 Å². The van der Waals surface area contributed by atoms with Gasteiger partial charge >= 0.3 is 44.8 Å². The minimum Gasteiger partial charge on any atom is -0.366 e. The number of rotatable bonds is 6. The van der Waals surface area contributed by atoms with Crippen LogP contribution in [0.25, 0.3) is 64.6 Å². The second-order valence-electron chi connectivity index (χ2n) is 16.6. The van der Waals surface area contributed by atoms with E-state index in [-0.39, 0.29) is 44.8 Å². The molecule has 0 saturated carbocycles. The van der Waals surface area contributed by atoms with Gasteiger partial charge in [0.05, 0.1) is 0 Å². The minimum atomic E-state index is -0.847. The fourth-order valence-electron chi connectivity index (χ4n) is 9.44. The maximum Gasteiger partial charge on any atom is 1.00 e. The van der Waals surface area contributed by atoms with Crippen molar-refractivity contribution >= 4 is 102 Å². The molecule has 0 saturated heterocycles. The summed E-state index contributed by atoms with van der Waals surface area (Å²) in [5.41, 5.74) is 1.71. The Hall–Kier alpha value is -6.34. The van der Waals surface area contributed by atoms with Gasteiger partial charge in [-0.3, -0.25) is 11.8 Å². The molecule has 0 fully saturated rings. The average Bonchev–Trinajstić information content (AvgIpc) is 3.41. The van der Waals surface area contributed by atoms with Crippen LogP contribution in [0.2, 0.25) is 0 Å². The molecule has 0 unspecified atom stereocenters. The number of benzene rings is 12. The molecule has 0 amide bonds. The molecular weight excluding hydrogens is 1240 g/mol. The van der Waals surface area contributed by atoms with Crippen molar-refractivity contribution in [2.45, 2.75) is 0 Å². The van der Waals surface area contributed by atoms with E-state index in [4.69, 9.17) is 12.8 Å². The molecule has 0 atom stereocenters. The molecule has 0 aliphatic rings. The molecule has 12 rings (SSSR count). The normalized spacial score (nSPS) is 10.7. The van der Waals surface area contributed by atoms with Crippen LogP contribution in [0, 0.1) is 24.7 Å². The van der Waals surface area contributed by atoms with Crippen LogP contribution in [-0.4, -0.2) is 5.90 Å². The van der Waals surface area contributed by atoms with Crippen LogP contribution in [0.5, 0.6) is 0 Å². The van der Waals surface area contributed by atoms with Crippen molar-refractivity contribution in [3.05, 3.63) is 279 Å². The van der Waals surface area contributed by atoms with E-state index in [0.29, 0.717) is 0 Å². The standard InChI is InChI=1S/C25H22P2.2C20H11.2Au/c1-5-13-22(14-6-1)26(23-15-7-2-8-16-23)21-27(24-17-9-3-10-18-24)25-19-11-4-12-20-25;2*1-2-14-13-16-8-4-5-9-17(16)19-12-11-15-7-3-6-10-18(15)20(14)19;;/h1-20H,21H2;2*3-13H;;/q;2*-1;2*+1/p+2. The zero-order valence-corrected chi connectivity index (χ0v) is 43.9. The van der Waals surface area contributed by atoms with Gasteiger partial charge in [-0.15, -0.1) is 23.3 Å². The summed E-state index contributed by atoms with van der Waals surface area (Å²) in [6.07, 6.45) is 15.3. The molecule has 0 heterocycles. The zero-order valence-electron chi connectivity index (χ0n) is 37.6. The largest absolute Gasteiger partial charge is 1.00 e. The molecule has 0 bridgehead atoms.